The van der Waals surface area contributed by atoms with Crippen molar-refractivity contribution in [1.82, 2.24) is 4.98 Å². The van der Waals surface area contributed by atoms with E-state index in [2.05, 4.69) is 4.98 Å². The van der Waals surface area contributed by atoms with Crippen molar-refractivity contribution in [2.45, 2.75) is 49.9 Å². The molecule has 0 radical (unpaired) electrons. The number of aliphatic hydroxyl groups excluding tert-OH is 1. The maximum Gasteiger partial charge on any atom is 0.0671 e. The third-order valence-corrected chi connectivity index (χ3v) is 4.82. The normalized spacial score (nSPS) is 19.1. The Kier molecular flexibility index (Phi) is 5.33. The van der Waals surface area contributed by atoms with Crippen LogP contribution in [0.5, 0.6) is 0 Å². The van der Waals surface area contributed by atoms with Gasteiger partial charge >= 0.3 is 0 Å². The Morgan fingerprint density at radius 1 is 1.24 bits per heavy atom. The minimum Gasteiger partial charge on any atom is -0.392 e. The van der Waals surface area contributed by atoms with Crippen molar-refractivity contribution in [2.75, 3.05) is 5.75 Å². The number of hydrogen-bond acceptors (Lipinski definition) is 3. The number of pyridine rings is 1. The first-order valence-electron chi connectivity index (χ1n) is 6.53. The van der Waals surface area contributed by atoms with Crippen molar-refractivity contribution in [3.8, 4) is 0 Å². The van der Waals surface area contributed by atoms with Crippen LogP contribution in [0.2, 0.25) is 0 Å². The van der Waals surface area contributed by atoms with E-state index in [1.165, 1.54) is 37.7 Å². The quantitative estimate of drug-likeness (QED) is 0.873. The Hall–Kier alpha value is -0.540. The summed E-state index contributed by atoms with van der Waals surface area (Å²) >= 11 is 1.96. The second-order valence-electron chi connectivity index (χ2n) is 4.81. The molecule has 1 aliphatic carbocycles. The first kappa shape index (κ1) is 12.9. The van der Waals surface area contributed by atoms with E-state index in [0.717, 1.165) is 17.4 Å². The lowest BCUT2D eigenvalue weighted by Crippen LogP contribution is -2.17. The first-order chi connectivity index (χ1) is 8.34. The van der Waals surface area contributed by atoms with Gasteiger partial charge in [0.15, 0.2) is 0 Å². The fourth-order valence-corrected chi connectivity index (χ4v) is 3.61. The van der Waals surface area contributed by atoms with Crippen molar-refractivity contribution < 1.29 is 5.11 Å². The molecule has 1 aromatic heterocycles. The van der Waals surface area contributed by atoms with Gasteiger partial charge in [0.1, 0.15) is 0 Å². The van der Waals surface area contributed by atoms with Gasteiger partial charge in [-0.3, -0.25) is 4.98 Å². The Balaban J connectivity index is 1.68. The topological polar surface area (TPSA) is 33.1 Å². The van der Waals surface area contributed by atoms with Gasteiger partial charge in [-0.25, -0.2) is 0 Å². The maximum atomic E-state index is 9.99. The van der Waals surface area contributed by atoms with Gasteiger partial charge in [-0.1, -0.05) is 19.3 Å². The fourth-order valence-electron chi connectivity index (χ4n) is 2.33. The third-order valence-electron chi connectivity index (χ3n) is 3.30. The Morgan fingerprint density at radius 2 is 1.94 bits per heavy atom. The van der Waals surface area contributed by atoms with Crippen LogP contribution < -0.4 is 0 Å². The second-order valence-corrected chi connectivity index (χ2v) is 6.14. The molecule has 94 valence electrons. The molecule has 0 aliphatic heterocycles. The lowest BCUT2D eigenvalue weighted by Gasteiger charge is -2.22. The standard InChI is InChI=1S/C14H21NOS/c16-13(10-12-6-8-15-9-7-12)11-17-14-4-2-1-3-5-14/h6-9,13-14,16H,1-5,10-11H2. The highest BCUT2D eigenvalue weighted by molar-refractivity contribution is 7.99. The average Bonchev–Trinajstić information content (AvgIpc) is 2.39. The van der Waals surface area contributed by atoms with E-state index in [1.807, 2.05) is 23.9 Å². The number of nitrogens with zero attached hydrogens (tertiary/aromatic N) is 1. The number of aromatic nitrogens is 1. The number of rotatable bonds is 5. The van der Waals surface area contributed by atoms with Gasteiger partial charge in [0.25, 0.3) is 0 Å². The third kappa shape index (κ3) is 4.68. The van der Waals surface area contributed by atoms with Crippen molar-refractivity contribution in [3.05, 3.63) is 30.1 Å². The Labute approximate surface area is 108 Å². The van der Waals surface area contributed by atoms with Crippen LogP contribution in [0.15, 0.2) is 24.5 Å². The smallest absolute Gasteiger partial charge is 0.0671 e. The zero-order chi connectivity index (χ0) is 11.9. The monoisotopic (exact) mass is 251 g/mol. The molecular formula is C14H21NOS. The van der Waals surface area contributed by atoms with Gasteiger partial charge in [0.05, 0.1) is 6.10 Å². The molecule has 1 aromatic rings. The van der Waals surface area contributed by atoms with Crippen LogP contribution in [0.25, 0.3) is 0 Å². The van der Waals surface area contributed by atoms with Crippen LogP contribution in [0, 0.1) is 0 Å². The summed E-state index contributed by atoms with van der Waals surface area (Å²) in [7, 11) is 0. The molecule has 2 rings (SSSR count). The van der Waals surface area contributed by atoms with Gasteiger partial charge in [0.2, 0.25) is 0 Å². The molecule has 0 amide bonds. The molecule has 0 saturated heterocycles. The molecule has 3 heteroatoms. The minimum absolute atomic E-state index is 0.218. The van der Waals surface area contributed by atoms with Gasteiger partial charge in [-0.15, -0.1) is 0 Å². The van der Waals surface area contributed by atoms with Crippen LogP contribution in [-0.2, 0) is 6.42 Å². The van der Waals surface area contributed by atoms with Crippen molar-refractivity contribution in [2.24, 2.45) is 0 Å². The van der Waals surface area contributed by atoms with Gasteiger partial charge in [0, 0.05) is 23.4 Å². The summed E-state index contributed by atoms with van der Waals surface area (Å²) in [5, 5.41) is 10.8. The molecule has 1 saturated carbocycles. The van der Waals surface area contributed by atoms with E-state index < -0.39 is 0 Å². The average molecular weight is 251 g/mol. The van der Waals surface area contributed by atoms with Crippen molar-refractivity contribution in [1.29, 1.82) is 0 Å². The molecule has 1 atom stereocenters. The fraction of sp³-hybridized carbons (Fsp3) is 0.643. The predicted molar refractivity (Wildman–Crippen MR) is 73.3 cm³/mol. The number of hydrogen-bond donors (Lipinski definition) is 1. The van der Waals surface area contributed by atoms with E-state index in [9.17, 15) is 5.11 Å². The largest absolute Gasteiger partial charge is 0.392 e. The van der Waals surface area contributed by atoms with Gasteiger partial charge in [-0.05, 0) is 37.0 Å². The summed E-state index contributed by atoms with van der Waals surface area (Å²) in [5.41, 5.74) is 1.18. The van der Waals surface area contributed by atoms with E-state index in [1.54, 1.807) is 12.4 Å². The van der Waals surface area contributed by atoms with Crippen LogP contribution >= 0.6 is 11.8 Å². The molecule has 0 bridgehead atoms. The lowest BCUT2D eigenvalue weighted by atomic mass is 10.0. The molecule has 1 heterocycles. The van der Waals surface area contributed by atoms with Gasteiger partial charge in [-0.2, -0.15) is 11.8 Å². The van der Waals surface area contributed by atoms with Gasteiger partial charge < -0.3 is 5.11 Å². The highest BCUT2D eigenvalue weighted by Crippen LogP contribution is 2.28. The molecule has 1 aliphatic rings. The molecule has 1 fully saturated rings. The van der Waals surface area contributed by atoms with Crippen LogP contribution in [-0.4, -0.2) is 27.2 Å². The molecule has 1 N–H and O–H groups in total. The summed E-state index contributed by atoms with van der Waals surface area (Å²) in [4.78, 5) is 3.99. The van der Waals surface area contributed by atoms with E-state index in [-0.39, 0.29) is 6.10 Å². The molecule has 17 heavy (non-hydrogen) atoms. The van der Waals surface area contributed by atoms with Crippen molar-refractivity contribution in [3.63, 3.8) is 0 Å². The molecule has 0 aromatic carbocycles. The summed E-state index contributed by atoms with van der Waals surface area (Å²) in [6, 6.07) is 3.96. The SMILES string of the molecule is OC(CSC1CCCCC1)Cc1ccncc1. The summed E-state index contributed by atoms with van der Waals surface area (Å²) in [6.07, 6.45) is 10.9. The summed E-state index contributed by atoms with van der Waals surface area (Å²) in [6.45, 7) is 0. The number of thioether (sulfide) groups is 1. The van der Waals surface area contributed by atoms with Crippen molar-refractivity contribution >= 4 is 11.8 Å². The summed E-state index contributed by atoms with van der Waals surface area (Å²) < 4.78 is 0. The van der Waals surface area contributed by atoms with Crippen LogP contribution in [0.3, 0.4) is 0 Å². The van der Waals surface area contributed by atoms with Crippen LogP contribution in [0.1, 0.15) is 37.7 Å². The molecule has 1 unspecified atom stereocenters. The first-order valence-corrected chi connectivity index (χ1v) is 7.58. The highest BCUT2D eigenvalue weighted by Gasteiger charge is 2.15. The predicted octanol–water partition coefficient (Wildman–Crippen LogP) is 3.05. The van der Waals surface area contributed by atoms with E-state index >= 15 is 0 Å². The Bertz CT molecular complexity index is 311. The summed E-state index contributed by atoms with van der Waals surface area (Å²) in [5.74, 6) is 0.868. The van der Waals surface area contributed by atoms with E-state index in [0.29, 0.717) is 0 Å². The maximum absolute atomic E-state index is 9.99. The number of aliphatic hydroxyl groups is 1. The second kappa shape index (κ2) is 7.02. The van der Waals surface area contributed by atoms with Crippen LogP contribution in [0.4, 0.5) is 0 Å². The zero-order valence-electron chi connectivity index (χ0n) is 10.2. The molecule has 0 spiro atoms. The van der Waals surface area contributed by atoms with E-state index in [4.69, 9.17) is 0 Å². The molecular weight excluding hydrogens is 230 g/mol. The Morgan fingerprint density at radius 3 is 2.65 bits per heavy atom. The molecule has 2 nitrogen and oxygen atoms in total. The lowest BCUT2D eigenvalue weighted by molar-refractivity contribution is 0.200. The highest BCUT2D eigenvalue weighted by atomic mass is 32.2. The minimum atomic E-state index is -0.218. The zero-order valence-corrected chi connectivity index (χ0v) is 11.0.